The monoisotopic (exact) mass is 1580 g/mol. The van der Waals surface area contributed by atoms with Gasteiger partial charge in [-0.25, -0.2) is 0 Å². The number of unbranched alkanes of at least 4 members (excludes halogenated alkanes) is 4. The van der Waals surface area contributed by atoms with Crippen LogP contribution in [0.2, 0.25) is 0 Å². The standard InChI is InChI=1S/C48H90N4O18S2.C9H16O6.18CH4/c1-41(69-39-47-65-31-32-66-47)59-20-8-4-6-16-52(18-12-50-14-22-60-42(2)70-40-48-67-33-34-68-48)44(54)10-36-72-71-35-9-43(53)51(15-5-3-7-19-55-23-25-57-37-45-61-27-28-62-45)17-11-49-13-21-56-24-26-58-38-46-63-29-30-64-46;10-8(11)1-2-12-3-4-13-7-9-14-5-6-15-9;;;;;;;;;;;;;;;;;;/h41-42,45-50H,3-40H2,1-2H3;9H,1-7H2,(H,10,11);18*1H4. The van der Waals surface area contributed by atoms with Crippen LogP contribution in [0.5, 0.6) is 0 Å². The van der Waals surface area contributed by atoms with Gasteiger partial charge in [-0.1, -0.05) is 155 Å². The van der Waals surface area contributed by atoms with Crippen LogP contribution < -0.4 is 10.6 Å². The van der Waals surface area contributed by atoms with Gasteiger partial charge in [0.1, 0.15) is 13.2 Å². The Balaban J connectivity index is -0.000000169. The highest BCUT2D eigenvalue weighted by Gasteiger charge is 2.22. The molecule has 5 fully saturated rings. The Bertz CT molecular complexity index is 1560. The number of amides is 2. The summed E-state index contributed by atoms with van der Waals surface area (Å²) in [6.45, 7) is 22.0. The maximum atomic E-state index is 13.5. The largest absolute Gasteiger partial charge is 0.481 e. The Morgan fingerprint density at radius 1 is 0.333 bits per heavy atom. The first-order valence-electron chi connectivity index (χ1n) is 31.3. The zero-order chi connectivity index (χ0) is 61.7. The van der Waals surface area contributed by atoms with Crippen LogP contribution in [0.1, 0.15) is 205 Å². The molecule has 30 heteroatoms. The number of carbonyl (C=O) groups excluding carboxylic acids is 2. The van der Waals surface area contributed by atoms with Gasteiger partial charge in [0.25, 0.3) is 0 Å². The predicted molar refractivity (Wildman–Crippen MR) is 440 cm³/mol. The van der Waals surface area contributed by atoms with E-state index in [9.17, 15) is 14.4 Å². The van der Waals surface area contributed by atoms with E-state index < -0.39 is 5.97 Å². The van der Waals surface area contributed by atoms with Gasteiger partial charge in [-0.3, -0.25) is 14.4 Å². The van der Waals surface area contributed by atoms with Gasteiger partial charge in [-0.15, -0.1) is 0 Å². The summed E-state index contributed by atoms with van der Waals surface area (Å²) in [5, 5.41) is 15.1. The summed E-state index contributed by atoms with van der Waals surface area (Å²) in [4.78, 5) is 41.1. The van der Waals surface area contributed by atoms with E-state index >= 15 is 0 Å². The van der Waals surface area contributed by atoms with Crippen LogP contribution in [0.4, 0.5) is 0 Å². The zero-order valence-electron chi connectivity index (χ0n) is 51.9. The van der Waals surface area contributed by atoms with Gasteiger partial charge >= 0.3 is 5.97 Å². The predicted octanol–water partition coefficient (Wildman–Crippen LogP) is 14.0. The molecule has 28 nitrogen and oxygen atoms in total. The molecule has 0 saturated carbocycles. The third-order valence-electron chi connectivity index (χ3n) is 13.1. The minimum Gasteiger partial charge on any atom is -0.481 e. The Labute approximate surface area is 656 Å². The van der Waals surface area contributed by atoms with Crippen LogP contribution >= 0.6 is 21.6 Å². The van der Waals surface area contributed by atoms with Gasteiger partial charge in [0.2, 0.25) is 11.8 Å². The molecule has 3 N–H and O–H groups in total. The van der Waals surface area contributed by atoms with Crippen molar-refractivity contribution < 1.29 is 114 Å². The average molecular weight is 1580 g/mol. The van der Waals surface area contributed by atoms with Gasteiger partial charge in [-0.2, -0.15) is 0 Å². The maximum absolute atomic E-state index is 13.5. The number of nitrogens with zero attached hydrogens (tertiary/aromatic N) is 2. The highest BCUT2D eigenvalue weighted by atomic mass is 33.1. The van der Waals surface area contributed by atoms with Crippen LogP contribution in [0.25, 0.3) is 0 Å². The van der Waals surface area contributed by atoms with E-state index in [4.69, 9.17) is 99.8 Å². The molecule has 0 aromatic heterocycles. The summed E-state index contributed by atoms with van der Waals surface area (Å²) >= 11 is 0. The molecule has 654 valence electrons. The molecule has 105 heavy (non-hydrogen) atoms. The smallest absolute Gasteiger partial charge is 0.305 e. The molecule has 5 heterocycles. The molecule has 2 amide bonds. The minimum absolute atomic E-state index is 0. The van der Waals surface area contributed by atoms with E-state index in [1.807, 2.05) is 23.6 Å². The fraction of sp³-hybridized carbons (Fsp3) is 0.960. The lowest BCUT2D eigenvalue weighted by Crippen LogP contribution is -2.38. The van der Waals surface area contributed by atoms with Gasteiger partial charge < -0.3 is 120 Å². The summed E-state index contributed by atoms with van der Waals surface area (Å²) in [6.07, 6.45) is 4.07. The third kappa shape index (κ3) is 78.7. The average Bonchev–Trinajstić information content (AvgIpc) is 1.80. The zero-order valence-corrected chi connectivity index (χ0v) is 53.5. The second-order valence-electron chi connectivity index (χ2n) is 20.1. The maximum Gasteiger partial charge on any atom is 0.305 e. The van der Waals surface area contributed by atoms with Gasteiger partial charge in [0.15, 0.2) is 44.0 Å². The molecule has 0 aromatic carbocycles. The Kier molecular flexibility index (Phi) is 130. The van der Waals surface area contributed by atoms with E-state index in [0.29, 0.717) is 242 Å². The fourth-order valence-electron chi connectivity index (χ4n) is 8.45. The first kappa shape index (κ1) is 139. The summed E-state index contributed by atoms with van der Waals surface area (Å²) in [6, 6.07) is 0. The van der Waals surface area contributed by atoms with Crippen molar-refractivity contribution in [3.05, 3.63) is 0 Å². The van der Waals surface area contributed by atoms with Gasteiger partial charge in [0.05, 0.1) is 152 Å². The number of hydrogen-bond acceptors (Lipinski definition) is 27. The van der Waals surface area contributed by atoms with Crippen molar-refractivity contribution in [3.8, 4) is 0 Å². The number of carboxylic acids is 1. The Morgan fingerprint density at radius 2 is 0.629 bits per heavy atom. The van der Waals surface area contributed by atoms with Crippen molar-refractivity contribution in [2.75, 3.05) is 236 Å². The molecule has 5 saturated heterocycles. The quantitative estimate of drug-likeness (QED) is 0.0290. The van der Waals surface area contributed by atoms with E-state index in [2.05, 4.69) is 10.6 Å². The molecule has 2 unspecified atom stereocenters. The SMILES string of the molecule is C.C.C.C.C.C.C.C.C.C.C.C.C.C.C.C.C.C.CC(OCCCCCN(CCNCCOC(C)OCC1OCCO1)C(=O)CCSSCCC(=O)N(CCCCCOCCOCC1OCCO1)CCNCCOCCOCC1OCCO1)OCC1OCCO1.O=C(O)CCOCCOCC1OCCO1. The summed E-state index contributed by atoms with van der Waals surface area (Å²) in [5.74, 6) is 0.725. The number of hydrogen-bond donors (Lipinski definition) is 3. The lowest BCUT2D eigenvalue weighted by molar-refractivity contribution is -0.178. The molecule has 5 aliphatic rings. The number of rotatable bonds is 57. The number of carboxylic acid groups (broad SMARTS) is 1. The molecule has 0 spiro atoms. The van der Waals surface area contributed by atoms with E-state index in [0.717, 1.165) is 38.5 Å². The number of nitrogens with one attached hydrogen (secondary N) is 2. The molecular formula is C75H178N4O24S2. The topological polar surface area (TPSA) is 287 Å². The number of carbonyl (C=O) groups is 3. The molecule has 5 aliphatic heterocycles. The van der Waals surface area contributed by atoms with Crippen molar-refractivity contribution in [2.45, 2.75) is 249 Å². The minimum atomic E-state index is -0.858. The van der Waals surface area contributed by atoms with Crippen LogP contribution in [0, 0.1) is 0 Å². The van der Waals surface area contributed by atoms with E-state index in [-0.39, 0.29) is 203 Å². The van der Waals surface area contributed by atoms with Crippen LogP contribution in [0.15, 0.2) is 0 Å². The molecular weight excluding hydrogens is 1400 g/mol. The summed E-state index contributed by atoms with van der Waals surface area (Å²) in [7, 11) is 3.29. The molecule has 0 aliphatic carbocycles. The summed E-state index contributed by atoms with van der Waals surface area (Å²) in [5.41, 5.74) is 0. The van der Waals surface area contributed by atoms with Crippen molar-refractivity contribution in [1.29, 1.82) is 0 Å². The normalized spacial score (nSPS) is 14.8. The summed E-state index contributed by atoms with van der Waals surface area (Å²) < 4.78 is 109. The van der Waals surface area contributed by atoms with Crippen LogP contribution in [-0.4, -0.2) is 312 Å². The molecule has 0 bridgehead atoms. The molecule has 2 atom stereocenters. The second-order valence-corrected chi connectivity index (χ2v) is 22.8. The lowest BCUT2D eigenvalue weighted by Gasteiger charge is -2.24. The number of ether oxygens (including phenoxy) is 20. The van der Waals surface area contributed by atoms with Gasteiger partial charge in [0, 0.05) is 89.9 Å². The second kappa shape index (κ2) is 98.3. The molecule has 5 rings (SSSR count). The van der Waals surface area contributed by atoms with Crippen LogP contribution in [-0.2, 0) is 109 Å². The molecule has 0 radical (unpaired) electrons. The number of aliphatic carboxylic acids is 1. The Morgan fingerprint density at radius 3 is 0.981 bits per heavy atom. The van der Waals surface area contributed by atoms with Crippen LogP contribution in [0.3, 0.4) is 0 Å². The fourth-order valence-corrected chi connectivity index (χ4v) is 10.4. The van der Waals surface area contributed by atoms with Gasteiger partial charge in [-0.05, 0) is 52.4 Å². The highest BCUT2D eigenvalue weighted by Crippen LogP contribution is 2.24. The van der Waals surface area contributed by atoms with Crippen molar-refractivity contribution in [2.24, 2.45) is 0 Å². The van der Waals surface area contributed by atoms with E-state index in [1.165, 1.54) is 0 Å². The first-order chi connectivity index (χ1) is 42.7. The van der Waals surface area contributed by atoms with Crippen molar-refractivity contribution in [3.63, 3.8) is 0 Å². The third-order valence-corrected chi connectivity index (χ3v) is 15.5. The first-order valence-corrected chi connectivity index (χ1v) is 33.8. The van der Waals surface area contributed by atoms with Crippen molar-refractivity contribution in [1.82, 2.24) is 20.4 Å². The van der Waals surface area contributed by atoms with E-state index in [1.54, 1.807) is 21.6 Å². The highest BCUT2D eigenvalue weighted by molar-refractivity contribution is 8.76. The molecule has 0 aromatic rings. The van der Waals surface area contributed by atoms with Crippen molar-refractivity contribution >= 4 is 39.4 Å². The lowest BCUT2D eigenvalue weighted by atomic mass is 10.2. The Hall–Kier alpha value is -1.77.